The molecule has 0 saturated heterocycles. The number of hydrogen-bond acceptors (Lipinski definition) is 4. The topological polar surface area (TPSA) is 69.6 Å². The fraction of sp³-hybridized carbons (Fsp3) is 0.417. The molecule has 5 heteroatoms. The van der Waals surface area contributed by atoms with E-state index in [-0.39, 0.29) is 0 Å². The molecule has 2 aromatic rings. The summed E-state index contributed by atoms with van der Waals surface area (Å²) >= 11 is 0. The van der Waals surface area contributed by atoms with Crippen LogP contribution in [0.1, 0.15) is 24.2 Å². The molecular formula is C12H17N5. The number of hydrogen-bond donors (Lipinski definition) is 1. The summed E-state index contributed by atoms with van der Waals surface area (Å²) < 4.78 is 1.82. The quantitative estimate of drug-likeness (QED) is 0.753. The van der Waals surface area contributed by atoms with E-state index in [1.54, 1.807) is 6.20 Å². The van der Waals surface area contributed by atoms with Crippen LogP contribution >= 0.6 is 0 Å². The van der Waals surface area contributed by atoms with Crippen molar-refractivity contribution < 1.29 is 0 Å². The fourth-order valence-electron chi connectivity index (χ4n) is 1.64. The van der Waals surface area contributed by atoms with Crippen molar-refractivity contribution in [2.24, 2.45) is 5.73 Å². The molecule has 2 aromatic heterocycles. The highest BCUT2D eigenvalue weighted by molar-refractivity contribution is 5.04. The largest absolute Gasteiger partial charge is 0.330 e. The maximum atomic E-state index is 5.45. The van der Waals surface area contributed by atoms with Crippen LogP contribution in [0.15, 0.2) is 30.6 Å². The van der Waals surface area contributed by atoms with Crippen LogP contribution in [0.2, 0.25) is 0 Å². The summed E-state index contributed by atoms with van der Waals surface area (Å²) in [6.45, 7) is 1.41. The van der Waals surface area contributed by atoms with Crippen molar-refractivity contribution in [3.63, 3.8) is 0 Å². The number of rotatable bonds is 6. The van der Waals surface area contributed by atoms with Crippen LogP contribution < -0.4 is 5.73 Å². The highest BCUT2D eigenvalue weighted by atomic mass is 15.4. The molecule has 0 aromatic carbocycles. The van der Waals surface area contributed by atoms with Gasteiger partial charge in [-0.05, 0) is 37.9 Å². The molecule has 0 amide bonds. The van der Waals surface area contributed by atoms with Gasteiger partial charge < -0.3 is 5.73 Å². The lowest BCUT2D eigenvalue weighted by atomic mass is 10.2. The Labute approximate surface area is 101 Å². The van der Waals surface area contributed by atoms with Crippen LogP contribution in [0, 0.1) is 0 Å². The molecule has 0 radical (unpaired) electrons. The number of aromatic nitrogens is 4. The predicted molar refractivity (Wildman–Crippen MR) is 65.4 cm³/mol. The van der Waals surface area contributed by atoms with Gasteiger partial charge in [-0.15, -0.1) is 5.10 Å². The van der Waals surface area contributed by atoms with Crippen molar-refractivity contribution in [2.75, 3.05) is 6.54 Å². The summed E-state index contributed by atoms with van der Waals surface area (Å²) in [5, 5.41) is 8.21. The van der Waals surface area contributed by atoms with Gasteiger partial charge in [-0.3, -0.25) is 4.98 Å². The van der Waals surface area contributed by atoms with E-state index >= 15 is 0 Å². The van der Waals surface area contributed by atoms with Crippen molar-refractivity contribution in [2.45, 2.75) is 25.8 Å². The first kappa shape index (κ1) is 11.7. The maximum Gasteiger partial charge on any atom is 0.0849 e. The van der Waals surface area contributed by atoms with Gasteiger partial charge in [-0.1, -0.05) is 11.3 Å². The van der Waals surface area contributed by atoms with Gasteiger partial charge in [0.05, 0.1) is 17.9 Å². The third-order valence-corrected chi connectivity index (χ3v) is 2.52. The van der Waals surface area contributed by atoms with Crippen molar-refractivity contribution in [3.8, 4) is 0 Å². The normalized spacial score (nSPS) is 10.6. The highest BCUT2D eigenvalue weighted by Crippen LogP contribution is 2.02. The van der Waals surface area contributed by atoms with Gasteiger partial charge in [0.25, 0.3) is 0 Å². The molecule has 2 heterocycles. The van der Waals surface area contributed by atoms with Gasteiger partial charge >= 0.3 is 0 Å². The lowest BCUT2D eigenvalue weighted by Gasteiger charge is -1.98. The highest BCUT2D eigenvalue weighted by Gasteiger charge is 2.01. The number of aryl methyl sites for hydroxylation is 1. The maximum absolute atomic E-state index is 5.45. The molecule has 0 aliphatic carbocycles. The fourth-order valence-corrected chi connectivity index (χ4v) is 1.64. The lowest BCUT2D eigenvalue weighted by Crippen LogP contribution is -2.01. The molecule has 5 nitrogen and oxygen atoms in total. The van der Waals surface area contributed by atoms with Gasteiger partial charge in [-0.25, -0.2) is 4.68 Å². The molecule has 0 aliphatic rings. The van der Waals surface area contributed by atoms with Crippen LogP contribution in [0.5, 0.6) is 0 Å². The van der Waals surface area contributed by atoms with E-state index in [2.05, 4.69) is 15.3 Å². The minimum atomic E-state index is 0.671. The average Bonchev–Trinajstić information content (AvgIpc) is 2.79. The zero-order chi connectivity index (χ0) is 11.9. The monoisotopic (exact) mass is 231 g/mol. The smallest absolute Gasteiger partial charge is 0.0849 e. The number of pyridine rings is 1. The van der Waals surface area contributed by atoms with Crippen molar-refractivity contribution in [3.05, 3.63) is 42.0 Å². The van der Waals surface area contributed by atoms with E-state index in [0.29, 0.717) is 6.54 Å². The van der Waals surface area contributed by atoms with E-state index in [9.17, 15) is 0 Å². The third kappa shape index (κ3) is 3.64. The van der Waals surface area contributed by atoms with E-state index in [1.807, 2.05) is 29.1 Å². The molecule has 2 N–H and O–H groups in total. The number of nitrogens with two attached hydrogens (primary N) is 1. The molecule has 0 unspecified atom stereocenters. The zero-order valence-corrected chi connectivity index (χ0v) is 9.79. The first-order valence-corrected chi connectivity index (χ1v) is 5.87. The summed E-state index contributed by atoms with van der Waals surface area (Å²) in [4.78, 5) is 4.25. The van der Waals surface area contributed by atoms with Gasteiger partial charge in [0, 0.05) is 12.4 Å². The standard InChI is InChI=1S/C12H17N5/c13-7-3-1-6-12-10-17(16-15-12)9-11-5-2-4-8-14-11/h2,4-5,8,10H,1,3,6-7,9,13H2. The Hall–Kier alpha value is -1.75. The Bertz CT molecular complexity index is 437. The van der Waals surface area contributed by atoms with Crippen molar-refractivity contribution in [1.82, 2.24) is 20.0 Å². The van der Waals surface area contributed by atoms with Gasteiger partial charge in [-0.2, -0.15) is 0 Å². The van der Waals surface area contributed by atoms with Crippen LogP contribution in [0.25, 0.3) is 0 Å². The van der Waals surface area contributed by atoms with E-state index in [0.717, 1.165) is 37.2 Å². The number of nitrogens with zero attached hydrogens (tertiary/aromatic N) is 4. The first-order chi connectivity index (χ1) is 8.38. The predicted octanol–water partition coefficient (Wildman–Crippen LogP) is 1.00. The minimum Gasteiger partial charge on any atom is -0.330 e. The molecule has 0 fully saturated rings. The average molecular weight is 231 g/mol. The Kier molecular flexibility index (Phi) is 4.21. The molecule has 0 bridgehead atoms. The molecule has 90 valence electrons. The first-order valence-electron chi connectivity index (χ1n) is 5.87. The van der Waals surface area contributed by atoms with E-state index < -0.39 is 0 Å². The van der Waals surface area contributed by atoms with E-state index in [4.69, 9.17) is 5.73 Å². The second-order valence-electron chi connectivity index (χ2n) is 3.97. The second kappa shape index (κ2) is 6.10. The Morgan fingerprint density at radius 2 is 2.12 bits per heavy atom. The van der Waals surface area contributed by atoms with Crippen LogP contribution in [0.4, 0.5) is 0 Å². The molecular weight excluding hydrogens is 214 g/mol. The molecule has 0 saturated carbocycles. The zero-order valence-electron chi connectivity index (χ0n) is 9.79. The van der Waals surface area contributed by atoms with Crippen LogP contribution in [0.3, 0.4) is 0 Å². The third-order valence-electron chi connectivity index (χ3n) is 2.52. The van der Waals surface area contributed by atoms with Crippen molar-refractivity contribution >= 4 is 0 Å². The summed E-state index contributed by atoms with van der Waals surface area (Å²) in [6.07, 6.45) is 6.81. The van der Waals surface area contributed by atoms with Gasteiger partial charge in [0.2, 0.25) is 0 Å². The van der Waals surface area contributed by atoms with E-state index in [1.165, 1.54) is 0 Å². The lowest BCUT2D eigenvalue weighted by molar-refractivity contribution is 0.638. The molecule has 0 aliphatic heterocycles. The molecule has 0 atom stereocenters. The molecule has 0 spiro atoms. The van der Waals surface area contributed by atoms with Crippen LogP contribution in [-0.4, -0.2) is 26.5 Å². The SMILES string of the molecule is NCCCCc1cn(Cc2ccccn2)nn1. The summed E-state index contributed by atoms with van der Waals surface area (Å²) in [6, 6.07) is 5.86. The Morgan fingerprint density at radius 3 is 2.88 bits per heavy atom. The Morgan fingerprint density at radius 1 is 1.18 bits per heavy atom. The minimum absolute atomic E-state index is 0.671. The van der Waals surface area contributed by atoms with Crippen molar-refractivity contribution in [1.29, 1.82) is 0 Å². The Balaban J connectivity index is 1.90. The second-order valence-corrected chi connectivity index (χ2v) is 3.97. The van der Waals surface area contributed by atoms with Gasteiger partial charge in [0.1, 0.15) is 0 Å². The summed E-state index contributed by atoms with van der Waals surface area (Å²) in [7, 11) is 0. The van der Waals surface area contributed by atoms with Gasteiger partial charge in [0.15, 0.2) is 0 Å². The summed E-state index contributed by atoms with van der Waals surface area (Å²) in [5.41, 5.74) is 7.46. The summed E-state index contributed by atoms with van der Waals surface area (Å²) in [5.74, 6) is 0. The van der Waals surface area contributed by atoms with Crippen LogP contribution in [-0.2, 0) is 13.0 Å². The molecule has 17 heavy (non-hydrogen) atoms. The molecule has 2 rings (SSSR count). The number of unbranched alkanes of at least 4 members (excludes halogenated alkanes) is 1.